The zero-order chi connectivity index (χ0) is 25.3. The van der Waals surface area contributed by atoms with E-state index in [0.717, 1.165) is 10.2 Å². The Bertz CT molecular complexity index is 1210. The number of nitrogens with one attached hydrogen (secondary N) is 3. The maximum atomic E-state index is 12.9. The van der Waals surface area contributed by atoms with Crippen molar-refractivity contribution < 1.29 is 28.7 Å². The minimum Gasteiger partial charge on any atom is -0.442 e. The van der Waals surface area contributed by atoms with Crippen LogP contribution in [-0.4, -0.2) is 56.2 Å². The Hall–Kier alpha value is -4.22. The normalized spacial score (nSPS) is 17.6. The van der Waals surface area contributed by atoms with Crippen LogP contribution in [0.4, 0.5) is 15.3 Å². The fourth-order valence-corrected chi connectivity index (χ4v) is 3.87. The minimum atomic E-state index is -0.679. The third-order valence-electron chi connectivity index (χ3n) is 5.47. The van der Waals surface area contributed by atoms with Gasteiger partial charge in [-0.3, -0.25) is 19.7 Å². The van der Waals surface area contributed by atoms with Crippen LogP contribution in [0.15, 0.2) is 30.6 Å². The molecular weight excluding hydrogens is 456 g/mol. The van der Waals surface area contributed by atoms with Crippen molar-refractivity contribution in [3.05, 3.63) is 47.3 Å². The fourth-order valence-electron chi connectivity index (χ4n) is 3.87. The number of carbonyl (C=O) groups is 5. The van der Waals surface area contributed by atoms with Gasteiger partial charge in [0.15, 0.2) is 0 Å². The van der Waals surface area contributed by atoms with E-state index in [1.807, 2.05) is 0 Å². The zero-order valence-corrected chi connectivity index (χ0v) is 19.6. The lowest BCUT2D eigenvalue weighted by molar-refractivity contribution is -0.136. The molecule has 1 saturated heterocycles. The van der Waals surface area contributed by atoms with Gasteiger partial charge in [0, 0.05) is 25.1 Å². The summed E-state index contributed by atoms with van der Waals surface area (Å²) < 4.78 is 6.20. The van der Waals surface area contributed by atoms with Crippen LogP contribution in [0, 0.1) is 0 Å². The van der Waals surface area contributed by atoms with Gasteiger partial charge in [0.2, 0.25) is 11.8 Å². The summed E-state index contributed by atoms with van der Waals surface area (Å²) >= 11 is 0. The highest BCUT2D eigenvalue weighted by Gasteiger charge is 2.39. The number of amides is 5. The van der Waals surface area contributed by atoms with Gasteiger partial charge >= 0.3 is 12.1 Å². The molecule has 0 bridgehead atoms. The first kappa shape index (κ1) is 23.9. The first-order valence-corrected chi connectivity index (χ1v) is 11.1. The quantitative estimate of drug-likeness (QED) is 0.562. The second-order valence-corrected chi connectivity index (χ2v) is 9.35. The number of nitrogens with zero attached hydrogens (tertiary/aromatic N) is 3. The summed E-state index contributed by atoms with van der Waals surface area (Å²) in [5, 5.41) is 11.4. The van der Waals surface area contributed by atoms with E-state index in [1.165, 1.54) is 17.3 Å². The van der Waals surface area contributed by atoms with Crippen LogP contribution in [0.3, 0.4) is 0 Å². The van der Waals surface area contributed by atoms with E-state index in [2.05, 4.69) is 21.0 Å². The molecule has 2 aliphatic heterocycles. The number of urea groups is 1. The standard InChI is InChI=1S/C23H26N6O6/c1-23(2,3)35-22(34)29-12-15(10-25-29)26-21(33)24-9-13-4-5-14-11-28(20(32)16(14)8-13)17-6-7-18(30)27-19(17)31/h4-5,8,10,12,17H,6-7,9,11H2,1-3H3,(H2,24,26,33)(H,27,30,31). The molecule has 184 valence electrons. The predicted octanol–water partition coefficient (Wildman–Crippen LogP) is 1.75. The van der Waals surface area contributed by atoms with E-state index < -0.39 is 29.7 Å². The highest BCUT2D eigenvalue weighted by Crippen LogP contribution is 2.28. The first-order valence-electron chi connectivity index (χ1n) is 11.1. The molecule has 1 aromatic carbocycles. The summed E-state index contributed by atoms with van der Waals surface area (Å²) in [5.41, 5.74) is 1.57. The Morgan fingerprint density at radius 3 is 2.71 bits per heavy atom. The predicted molar refractivity (Wildman–Crippen MR) is 122 cm³/mol. The van der Waals surface area contributed by atoms with Crippen LogP contribution in [-0.2, 0) is 27.4 Å². The third kappa shape index (κ3) is 5.48. The minimum absolute atomic E-state index is 0.144. The van der Waals surface area contributed by atoms with Gasteiger partial charge in [-0.1, -0.05) is 12.1 Å². The molecule has 1 unspecified atom stereocenters. The van der Waals surface area contributed by atoms with Crippen molar-refractivity contribution in [2.24, 2.45) is 0 Å². The number of piperidine rings is 1. The number of imide groups is 1. The van der Waals surface area contributed by atoms with E-state index >= 15 is 0 Å². The molecule has 2 aromatic rings. The number of hydrogen-bond donors (Lipinski definition) is 3. The van der Waals surface area contributed by atoms with Crippen LogP contribution < -0.4 is 16.0 Å². The zero-order valence-electron chi connectivity index (χ0n) is 19.6. The molecule has 4 rings (SSSR count). The number of fused-ring (bicyclic) bond motifs is 1. The molecule has 3 N–H and O–H groups in total. The van der Waals surface area contributed by atoms with Crippen LogP contribution in [0.2, 0.25) is 0 Å². The highest BCUT2D eigenvalue weighted by molar-refractivity contribution is 6.05. The molecule has 12 heteroatoms. The number of aromatic nitrogens is 2. The molecular formula is C23H26N6O6. The van der Waals surface area contributed by atoms with Crippen LogP contribution in [0.5, 0.6) is 0 Å². The van der Waals surface area contributed by atoms with Gasteiger partial charge in [0.05, 0.1) is 18.1 Å². The fraction of sp³-hybridized carbons (Fsp3) is 0.391. The summed E-state index contributed by atoms with van der Waals surface area (Å²) in [7, 11) is 0. The number of ether oxygens (including phenoxy) is 1. The summed E-state index contributed by atoms with van der Waals surface area (Å²) in [6, 6.07) is 4.07. The Labute approximate surface area is 201 Å². The van der Waals surface area contributed by atoms with Gasteiger partial charge in [0.25, 0.3) is 5.91 Å². The summed E-state index contributed by atoms with van der Waals surface area (Å²) in [6.45, 7) is 5.64. The van der Waals surface area contributed by atoms with Crippen molar-refractivity contribution in [2.75, 3.05) is 5.32 Å². The molecule has 2 aliphatic rings. The monoisotopic (exact) mass is 482 g/mol. The van der Waals surface area contributed by atoms with Gasteiger partial charge in [-0.2, -0.15) is 9.78 Å². The number of carbonyl (C=O) groups excluding carboxylic acids is 5. The second-order valence-electron chi connectivity index (χ2n) is 9.35. The molecule has 0 aliphatic carbocycles. The van der Waals surface area contributed by atoms with E-state index in [4.69, 9.17) is 4.74 Å². The van der Waals surface area contributed by atoms with E-state index in [1.54, 1.807) is 39.0 Å². The van der Waals surface area contributed by atoms with Gasteiger partial charge in [-0.25, -0.2) is 9.59 Å². The lowest BCUT2D eigenvalue weighted by Crippen LogP contribution is -2.52. The molecule has 0 saturated carbocycles. The average molecular weight is 482 g/mol. The topological polar surface area (TPSA) is 152 Å². The Balaban J connectivity index is 1.33. The van der Waals surface area contributed by atoms with E-state index in [9.17, 15) is 24.0 Å². The van der Waals surface area contributed by atoms with Crippen LogP contribution in [0.1, 0.15) is 55.1 Å². The smallest absolute Gasteiger partial charge is 0.435 e. The highest BCUT2D eigenvalue weighted by atomic mass is 16.6. The number of benzene rings is 1. The lowest BCUT2D eigenvalue weighted by Gasteiger charge is -2.29. The van der Waals surface area contributed by atoms with E-state index in [0.29, 0.717) is 23.2 Å². The summed E-state index contributed by atoms with van der Waals surface area (Å²) in [6.07, 6.45) is 2.48. The molecule has 0 radical (unpaired) electrons. The number of anilines is 1. The third-order valence-corrected chi connectivity index (χ3v) is 5.47. The Morgan fingerprint density at radius 2 is 2.00 bits per heavy atom. The molecule has 1 atom stereocenters. The molecule has 0 spiro atoms. The molecule has 12 nitrogen and oxygen atoms in total. The summed E-state index contributed by atoms with van der Waals surface area (Å²) in [4.78, 5) is 62.3. The van der Waals surface area contributed by atoms with Gasteiger partial charge < -0.3 is 20.3 Å². The summed E-state index contributed by atoms with van der Waals surface area (Å²) in [5.74, 6) is -1.08. The Morgan fingerprint density at radius 1 is 1.23 bits per heavy atom. The first-order chi connectivity index (χ1) is 16.5. The molecule has 1 aromatic heterocycles. The van der Waals surface area contributed by atoms with Crippen molar-refractivity contribution in [3.63, 3.8) is 0 Å². The largest absolute Gasteiger partial charge is 0.442 e. The number of hydrogen-bond acceptors (Lipinski definition) is 7. The van der Waals surface area contributed by atoms with Crippen molar-refractivity contribution in [2.45, 2.75) is 58.3 Å². The van der Waals surface area contributed by atoms with Gasteiger partial charge in [0.1, 0.15) is 11.6 Å². The van der Waals surface area contributed by atoms with Crippen molar-refractivity contribution in [1.82, 2.24) is 25.3 Å². The van der Waals surface area contributed by atoms with Crippen molar-refractivity contribution in [3.8, 4) is 0 Å². The SMILES string of the molecule is CC(C)(C)OC(=O)n1cc(NC(=O)NCc2ccc3c(c2)C(=O)N(C2CCC(=O)NC2=O)C3)cn1. The van der Waals surface area contributed by atoms with Crippen molar-refractivity contribution in [1.29, 1.82) is 0 Å². The lowest BCUT2D eigenvalue weighted by atomic mass is 10.0. The van der Waals surface area contributed by atoms with Gasteiger partial charge in [-0.05, 0) is 44.4 Å². The molecule has 1 fully saturated rings. The second kappa shape index (κ2) is 9.20. The maximum absolute atomic E-state index is 12.9. The molecule has 5 amide bonds. The maximum Gasteiger partial charge on any atom is 0.435 e. The average Bonchev–Trinajstić information content (AvgIpc) is 3.36. The van der Waals surface area contributed by atoms with Crippen LogP contribution in [0.25, 0.3) is 0 Å². The Kier molecular flexibility index (Phi) is 6.29. The van der Waals surface area contributed by atoms with Gasteiger partial charge in [-0.15, -0.1) is 0 Å². The molecule has 35 heavy (non-hydrogen) atoms. The van der Waals surface area contributed by atoms with Crippen molar-refractivity contribution >= 4 is 35.5 Å². The number of rotatable bonds is 4. The van der Waals surface area contributed by atoms with Crippen LogP contribution >= 0.6 is 0 Å². The van der Waals surface area contributed by atoms with E-state index in [-0.39, 0.29) is 31.3 Å². The molecule has 3 heterocycles.